The molecule has 45 nitrogen and oxygen atoms in total. The fourth-order valence-corrected chi connectivity index (χ4v) is 13.7. The third kappa shape index (κ3) is 26.9. The van der Waals surface area contributed by atoms with Crippen molar-refractivity contribution in [3.63, 3.8) is 0 Å². The smallest absolute Gasteiger partial charge is 0.336 e. The SMILES string of the molecule is O=C(CCn1c(=O)n(CCC(=O)OCC(O)c2ccccc2)c(=O)n(CC(O)CN2C(=O)N(CC(O)Cn3c(=O)n(CCC(=O)OCC(O)c4ccccc4)c(=O)n(CCC(=O)OCC(O)c4ccccc4)c3=O)C(O)N(CC(O)Cn3c(=O)n(CCC(=O)OCC(O)c4ccccc4)c(=O)n(CCC(=O)OCC(O)c4ccccc4)c3=O)C2=O)c1=O)OCC(O)c1ccccc1. The Bertz CT molecular complexity index is 5500. The highest BCUT2D eigenvalue weighted by atomic mass is 16.6. The van der Waals surface area contributed by atoms with Crippen LogP contribution in [0.2, 0.25) is 0 Å². The predicted molar refractivity (Wildman–Crippen MR) is 454 cm³/mol. The van der Waals surface area contributed by atoms with Crippen LogP contribution in [0.4, 0.5) is 9.59 Å². The largest absolute Gasteiger partial charge is 0.462 e. The van der Waals surface area contributed by atoms with Crippen LogP contribution in [0.15, 0.2) is 225 Å². The van der Waals surface area contributed by atoms with Gasteiger partial charge in [-0.3, -0.25) is 38.6 Å². The number of urea groups is 2. The number of aliphatic hydroxyl groups excluding tert-OH is 10. The molecule has 4 heterocycles. The molecular formula is C87H98N12O33. The molecule has 3 aromatic heterocycles. The summed E-state index contributed by atoms with van der Waals surface area (Å²) in [5, 5.41) is 113. The Morgan fingerprint density at radius 1 is 0.235 bits per heavy atom. The number of carbonyl (C=O) groups excluding carboxylic acids is 8. The lowest BCUT2D eigenvalue weighted by molar-refractivity contribution is -0.148. The molecule has 9 atom stereocenters. The van der Waals surface area contributed by atoms with E-state index < -0.39 is 317 Å². The summed E-state index contributed by atoms with van der Waals surface area (Å²) < 4.78 is 33.6. The van der Waals surface area contributed by atoms with E-state index in [0.717, 1.165) is 0 Å². The highest BCUT2D eigenvalue weighted by molar-refractivity contribution is 5.96. The minimum atomic E-state index is -2.82. The first-order valence-corrected chi connectivity index (χ1v) is 41.5. The molecule has 1 aliphatic heterocycles. The number of hydrogen-bond acceptors (Lipinski definition) is 33. The molecule has 9 aromatic rings. The summed E-state index contributed by atoms with van der Waals surface area (Å²) in [6.07, 6.45) is -23.2. The van der Waals surface area contributed by atoms with Gasteiger partial charge in [0.1, 0.15) is 76.3 Å². The first-order chi connectivity index (χ1) is 63.2. The maximum atomic E-state index is 15.2. The molecule has 1 saturated heterocycles. The zero-order valence-corrected chi connectivity index (χ0v) is 70.8. The number of imide groups is 1. The molecule has 4 amide bonds. The van der Waals surface area contributed by atoms with Gasteiger partial charge in [-0.2, -0.15) is 0 Å². The van der Waals surface area contributed by atoms with Gasteiger partial charge in [0, 0.05) is 39.3 Å². The zero-order valence-electron chi connectivity index (χ0n) is 70.8. The molecule has 9 unspecified atom stereocenters. The van der Waals surface area contributed by atoms with E-state index in [0.29, 0.717) is 60.8 Å². The number of amides is 4. The van der Waals surface area contributed by atoms with Crippen LogP contribution in [0, 0.1) is 0 Å². The van der Waals surface area contributed by atoms with Crippen LogP contribution in [0.25, 0.3) is 0 Å². The molecule has 0 aliphatic carbocycles. The topological polar surface area (TPSA) is 602 Å². The fraction of sp³-hybridized carbons (Fsp3) is 0.391. The number of nitrogens with zero attached hydrogens (tertiary/aromatic N) is 12. The highest BCUT2D eigenvalue weighted by Crippen LogP contribution is 2.23. The van der Waals surface area contributed by atoms with Crippen LogP contribution in [-0.4, -0.2) is 239 Å². The van der Waals surface area contributed by atoms with Crippen molar-refractivity contribution >= 4 is 47.9 Å². The van der Waals surface area contributed by atoms with Crippen LogP contribution in [0.1, 0.15) is 109 Å². The minimum absolute atomic E-state index is 0.0561. The first kappa shape index (κ1) is 99.9. The molecule has 704 valence electrons. The molecule has 10 rings (SSSR count). The van der Waals surface area contributed by atoms with Gasteiger partial charge in [0.15, 0.2) is 0 Å². The molecule has 0 saturated carbocycles. The summed E-state index contributed by atoms with van der Waals surface area (Å²) >= 11 is 0. The van der Waals surface area contributed by atoms with Gasteiger partial charge in [-0.15, -0.1) is 0 Å². The van der Waals surface area contributed by atoms with E-state index in [-0.39, 0.29) is 28.4 Å². The summed E-state index contributed by atoms with van der Waals surface area (Å²) in [7, 11) is 0. The molecule has 45 heteroatoms. The van der Waals surface area contributed by atoms with Crippen LogP contribution in [0.3, 0.4) is 0 Å². The van der Waals surface area contributed by atoms with Gasteiger partial charge in [-0.25, -0.2) is 98.7 Å². The molecule has 0 spiro atoms. The van der Waals surface area contributed by atoms with E-state index in [1.165, 1.54) is 72.8 Å². The lowest BCUT2D eigenvalue weighted by Gasteiger charge is -2.46. The van der Waals surface area contributed by atoms with E-state index in [9.17, 15) is 123 Å². The highest BCUT2D eigenvalue weighted by Gasteiger charge is 2.46. The maximum Gasteiger partial charge on any atom is 0.336 e. The second kappa shape index (κ2) is 47.9. The van der Waals surface area contributed by atoms with Crippen molar-refractivity contribution in [3.8, 4) is 0 Å². The average molecular weight is 1840 g/mol. The lowest BCUT2D eigenvalue weighted by atomic mass is 10.1. The van der Waals surface area contributed by atoms with Gasteiger partial charge in [0.2, 0.25) is 6.35 Å². The monoisotopic (exact) mass is 1840 g/mol. The molecule has 132 heavy (non-hydrogen) atoms. The van der Waals surface area contributed by atoms with Crippen molar-refractivity contribution in [2.24, 2.45) is 0 Å². The third-order valence-electron chi connectivity index (χ3n) is 20.8. The van der Waals surface area contributed by atoms with Gasteiger partial charge in [0.05, 0.1) is 96.1 Å². The predicted octanol–water partition coefficient (Wildman–Crippen LogP) is -2.94. The average Bonchev–Trinajstić information content (AvgIpc) is 0.792. The molecule has 10 N–H and O–H groups in total. The quantitative estimate of drug-likeness (QED) is 0.0135. The van der Waals surface area contributed by atoms with Crippen molar-refractivity contribution in [2.75, 3.05) is 59.3 Å². The van der Waals surface area contributed by atoms with Gasteiger partial charge in [0.25, 0.3) is 0 Å². The zero-order chi connectivity index (χ0) is 95.4. The van der Waals surface area contributed by atoms with E-state index in [1.807, 2.05) is 0 Å². The summed E-state index contributed by atoms with van der Waals surface area (Å²) in [4.78, 5) is 241. The van der Waals surface area contributed by atoms with E-state index in [2.05, 4.69) is 0 Å². The number of aromatic nitrogens is 9. The standard InChI is InChI=1S/C87H98N12O33/c100-61(43-94-79(118)88(37-31-70(109)127-49-64(103)55-19-7-1-8-20-55)76(115)89(80(94)119)38-32-71(110)128-50-65(104)56-21-9-2-10-22-56)46-97-85(124)98(47-62(101)44-95-81(120)90(39-33-72(111)129-51-66(105)57-23-11-3-12-24-57)77(116)91(82(95)121)40-34-73(112)130-52-67(106)58-25-13-4-14-26-58)87(126)99(86(97)125)48-63(102)45-96-83(122)92(41-35-74(113)131-53-68(107)59-27-15-5-16-28-59)78(117)93(84(96)123)42-36-75(114)132-54-69(108)60-29-17-6-18-30-60/h1-30,61-69,85,100-108,124H,31-54H2. The maximum absolute atomic E-state index is 15.2. The fourth-order valence-electron chi connectivity index (χ4n) is 13.7. The van der Waals surface area contributed by atoms with Gasteiger partial charge >= 0.3 is 99.1 Å². The number of ether oxygens (including phenoxy) is 6. The van der Waals surface area contributed by atoms with Crippen LogP contribution in [0.5, 0.6) is 0 Å². The Labute approximate surface area is 746 Å². The summed E-state index contributed by atoms with van der Waals surface area (Å²) in [6, 6.07) is 43.8. The molecule has 1 fully saturated rings. The van der Waals surface area contributed by atoms with E-state index in [4.69, 9.17) is 28.4 Å². The van der Waals surface area contributed by atoms with Gasteiger partial charge in [-0.1, -0.05) is 182 Å². The molecule has 0 radical (unpaired) electrons. The van der Waals surface area contributed by atoms with Gasteiger partial charge in [-0.05, 0) is 33.4 Å². The van der Waals surface area contributed by atoms with Gasteiger partial charge < -0.3 is 79.5 Å². The second-order valence-electron chi connectivity index (χ2n) is 30.2. The summed E-state index contributed by atoms with van der Waals surface area (Å²) in [6.45, 7) is -17.5. The van der Waals surface area contributed by atoms with Crippen molar-refractivity contribution in [3.05, 3.63) is 310 Å². The van der Waals surface area contributed by atoms with Crippen LogP contribution >= 0.6 is 0 Å². The van der Waals surface area contributed by atoms with E-state index in [1.54, 1.807) is 109 Å². The van der Waals surface area contributed by atoms with Crippen LogP contribution in [-0.2, 0) is 116 Å². The lowest BCUT2D eigenvalue weighted by Crippen LogP contribution is -2.69. The second-order valence-corrected chi connectivity index (χ2v) is 30.2. The van der Waals surface area contributed by atoms with Crippen molar-refractivity contribution in [1.82, 2.24) is 55.8 Å². The third-order valence-corrected chi connectivity index (χ3v) is 20.8. The molecule has 0 bridgehead atoms. The van der Waals surface area contributed by atoms with E-state index >= 15 is 9.59 Å². The van der Waals surface area contributed by atoms with Crippen molar-refractivity contribution < 1.29 is 118 Å². The van der Waals surface area contributed by atoms with Crippen molar-refractivity contribution in [1.29, 1.82) is 0 Å². The minimum Gasteiger partial charge on any atom is -0.462 e. The number of rotatable bonds is 48. The first-order valence-electron chi connectivity index (χ1n) is 41.5. The Morgan fingerprint density at radius 2 is 0.394 bits per heavy atom. The van der Waals surface area contributed by atoms with Crippen molar-refractivity contribution in [2.45, 2.75) is 159 Å². The number of carbonyl (C=O) groups is 8. The summed E-state index contributed by atoms with van der Waals surface area (Å²) in [5.74, 6) is -6.68. The molecular weight excluding hydrogens is 1740 g/mol. The normalized spacial score (nSPS) is 14.8. The molecule has 1 aliphatic rings. The number of benzene rings is 6. The van der Waals surface area contributed by atoms with Crippen LogP contribution < -0.4 is 51.2 Å². The number of aliphatic hydroxyl groups is 10. The molecule has 6 aromatic carbocycles. The number of hydrogen-bond donors (Lipinski definition) is 10. The Kier molecular flexibility index (Phi) is 36.2. The summed E-state index contributed by atoms with van der Waals surface area (Å²) in [5.41, 5.74) is -11.9. The Balaban J connectivity index is 0.978. The number of esters is 6. The number of β-amino-alcohol motifs (C(OH)–C–C–N with tert-alkyl or cyclic N) is 3. The Hall–Kier alpha value is -14.3. The Morgan fingerprint density at radius 3 is 0.568 bits per heavy atom.